The summed E-state index contributed by atoms with van der Waals surface area (Å²) in [5, 5.41) is 0. The summed E-state index contributed by atoms with van der Waals surface area (Å²) in [5.41, 5.74) is 0.649. The maximum absolute atomic E-state index is 11.9. The first-order valence-electron chi connectivity index (χ1n) is 10.7. The number of hydrogen-bond donors (Lipinski definition) is 0. The average molecular weight is 468 g/mol. The molecule has 0 aliphatic rings. The second-order valence-corrected chi connectivity index (χ2v) is 8.48. The van der Waals surface area contributed by atoms with Crippen molar-refractivity contribution in [2.45, 2.75) is 96.8 Å². The van der Waals surface area contributed by atoms with E-state index in [4.69, 9.17) is 4.74 Å². The van der Waals surface area contributed by atoms with Crippen molar-refractivity contribution in [3.05, 3.63) is 33.4 Å². The molecule has 26 heavy (non-hydrogen) atoms. The zero-order valence-corrected chi connectivity index (χ0v) is 18.8. The summed E-state index contributed by atoms with van der Waals surface area (Å²) in [6.07, 6.45) is 18.8. The topological polar surface area (TPSA) is 26.3 Å². The molecule has 1 aromatic rings. The average Bonchev–Trinajstić information content (AvgIpc) is 2.65. The van der Waals surface area contributed by atoms with E-state index in [1.165, 1.54) is 77.0 Å². The second-order valence-electron chi connectivity index (χ2n) is 7.24. The highest BCUT2D eigenvalue weighted by atomic mass is 123. The Morgan fingerprint density at radius 2 is 1.15 bits per heavy atom. The lowest BCUT2D eigenvalue weighted by atomic mass is 10.0. The molecule has 0 radical (unpaired) electrons. The van der Waals surface area contributed by atoms with Gasteiger partial charge in [-0.25, -0.2) is 4.79 Å². The SMILES string of the molecule is CCCCCCCCCCCCCCCCOC(=O)c1ccc([123I])cc1. The van der Waals surface area contributed by atoms with Crippen LogP contribution < -0.4 is 0 Å². The lowest BCUT2D eigenvalue weighted by Crippen LogP contribution is -2.06. The highest BCUT2D eigenvalue weighted by molar-refractivity contribution is 14.1. The number of hydrogen-bond acceptors (Lipinski definition) is 2. The third-order valence-corrected chi connectivity index (χ3v) is 5.53. The van der Waals surface area contributed by atoms with Crippen molar-refractivity contribution in [1.82, 2.24) is 0 Å². The summed E-state index contributed by atoms with van der Waals surface area (Å²) in [4.78, 5) is 11.9. The first-order valence-corrected chi connectivity index (χ1v) is 11.7. The van der Waals surface area contributed by atoms with Crippen molar-refractivity contribution in [3.63, 3.8) is 0 Å². The molecule has 0 N–H and O–H groups in total. The van der Waals surface area contributed by atoms with Gasteiger partial charge in [-0.15, -0.1) is 0 Å². The van der Waals surface area contributed by atoms with Crippen LogP contribution in [0.1, 0.15) is 107 Å². The number of carbonyl (C=O) groups excluding carboxylic acids is 1. The minimum atomic E-state index is -0.198. The third-order valence-electron chi connectivity index (χ3n) is 4.81. The molecule has 0 aliphatic carbocycles. The van der Waals surface area contributed by atoms with Crippen molar-refractivity contribution in [2.75, 3.05) is 6.61 Å². The monoisotopic (exact) mass is 468 g/mol. The van der Waals surface area contributed by atoms with Gasteiger partial charge in [-0.2, -0.15) is 0 Å². The van der Waals surface area contributed by atoms with E-state index in [0.29, 0.717) is 12.2 Å². The molecule has 0 heterocycles. The molecular weight excluding hydrogens is 431 g/mol. The molecule has 0 atom stereocenters. The largest absolute Gasteiger partial charge is 0.462 e. The van der Waals surface area contributed by atoms with Crippen LogP contribution in [0.15, 0.2) is 24.3 Å². The van der Waals surface area contributed by atoms with E-state index in [1.807, 2.05) is 24.3 Å². The van der Waals surface area contributed by atoms with Gasteiger partial charge < -0.3 is 4.74 Å². The molecule has 148 valence electrons. The number of unbranched alkanes of at least 4 members (excludes halogenated alkanes) is 13. The van der Waals surface area contributed by atoms with Crippen LogP contribution in [0.25, 0.3) is 0 Å². The number of esters is 1. The third kappa shape index (κ3) is 12.7. The van der Waals surface area contributed by atoms with Gasteiger partial charge in [-0.1, -0.05) is 90.4 Å². The normalized spacial score (nSPS) is 10.8. The first-order chi connectivity index (χ1) is 12.7. The lowest BCUT2D eigenvalue weighted by molar-refractivity contribution is 0.0497. The van der Waals surface area contributed by atoms with Crippen molar-refractivity contribution < 1.29 is 9.53 Å². The smallest absolute Gasteiger partial charge is 0.338 e. The number of halogens is 1. The van der Waals surface area contributed by atoms with E-state index < -0.39 is 0 Å². The molecule has 0 bridgehead atoms. The van der Waals surface area contributed by atoms with E-state index in [1.54, 1.807) is 0 Å². The fraction of sp³-hybridized carbons (Fsp3) is 0.696. The van der Waals surface area contributed by atoms with Crippen LogP contribution in [-0.2, 0) is 4.74 Å². The summed E-state index contributed by atoms with van der Waals surface area (Å²) in [6.45, 7) is 2.82. The van der Waals surface area contributed by atoms with Crippen LogP contribution in [0.5, 0.6) is 0 Å². The van der Waals surface area contributed by atoms with E-state index >= 15 is 0 Å². The van der Waals surface area contributed by atoms with E-state index in [-0.39, 0.29) is 5.97 Å². The maximum Gasteiger partial charge on any atom is 0.338 e. The number of rotatable bonds is 16. The van der Waals surface area contributed by atoms with Gasteiger partial charge in [-0.3, -0.25) is 0 Å². The van der Waals surface area contributed by atoms with Gasteiger partial charge in [0.15, 0.2) is 0 Å². The molecule has 1 rings (SSSR count). The minimum Gasteiger partial charge on any atom is -0.462 e. The Kier molecular flexibility index (Phi) is 15.0. The summed E-state index contributed by atoms with van der Waals surface area (Å²) in [6, 6.07) is 7.53. The van der Waals surface area contributed by atoms with Gasteiger partial charge in [0.25, 0.3) is 0 Å². The molecule has 0 fully saturated rings. The Balaban J connectivity index is 1.82. The van der Waals surface area contributed by atoms with Crippen LogP contribution in [0.2, 0.25) is 0 Å². The number of benzene rings is 1. The van der Waals surface area contributed by atoms with Gasteiger partial charge in [0, 0.05) is 3.57 Å². The minimum absolute atomic E-state index is 0.198. The Morgan fingerprint density at radius 3 is 1.62 bits per heavy atom. The molecule has 0 aliphatic heterocycles. The van der Waals surface area contributed by atoms with Gasteiger partial charge in [0.1, 0.15) is 0 Å². The molecule has 0 spiro atoms. The summed E-state index contributed by atoms with van der Waals surface area (Å²) in [5.74, 6) is -0.198. The van der Waals surface area contributed by atoms with Crippen LogP contribution in [0.3, 0.4) is 0 Å². The molecule has 1 aromatic carbocycles. The Hall–Kier alpha value is -0.580. The van der Waals surface area contributed by atoms with Crippen molar-refractivity contribution in [2.24, 2.45) is 0 Å². The molecule has 0 saturated carbocycles. The van der Waals surface area contributed by atoms with E-state index in [9.17, 15) is 4.79 Å². The molecule has 3 heteroatoms. The highest BCUT2D eigenvalue weighted by Gasteiger charge is 2.05. The Bertz CT molecular complexity index is 456. The van der Waals surface area contributed by atoms with E-state index in [0.717, 1.165) is 16.4 Å². The fourth-order valence-electron chi connectivity index (χ4n) is 3.13. The molecule has 0 amide bonds. The summed E-state index contributed by atoms with van der Waals surface area (Å²) < 4.78 is 6.46. The number of ether oxygens (including phenoxy) is 1. The Labute approximate surface area is 174 Å². The van der Waals surface area contributed by atoms with Gasteiger partial charge in [0.2, 0.25) is 0 Å². The molecular formula is C23H37IO2. The van der Waals surface area contributed by atoms with E-state index in [2.05, 4.69) is 29.5 Å². The Morgan fingerprint density at radius 1 is 0.731 bits per heavy atom. The number of carbonyl (C=O) groups is 1. The zero-order valence-electron chi connectivity index (χ0n) is 16.6. The van der Waals surface area contributed by atoms with Crippen molar-refractivity contribution in [1.29, 1.82) is 0 Å². The van der Waals surface area contributed by atoms with Crippen molar-refractivity contribution in [3.8, 4) is 0 Å². The quantitative estimate of drug-likeness (QED) is 0.140. The van der Waals surface area contributed by atoms with Crippen LogP contribution in [0, 0.1) is 3.57 Å². The second kappa shape index (κ2) is 16.6. The van der Waals surface area contributed by atoms with Crippen LogP contribution >= 0.6 is 22.6 Å². The predicted octanol–water partition coefficient (Wildman–Crippen LogP) is 7.93. The van der Waals surface area contributed by atoms with Gasteiger partial charge in [0.05, 0.1) is 12.2 Å². The molecule has 0 unspecified atom stereocenters. The predicted molar refractivity (Wildman–Crippen MR) is 120 cm³/mol. The maximum atomic E-state index is 11.9. The van der Waals surface area contributed by atoms with Crippen LogP contribution in [-0.4, -0.2) is 12.6 Å². The lowest BCUT2D eigenvalue weighted by Gasteiger charge is -2.05. The van der Waals surface area contributed by atoms with Gasteiger partial charge >= 0.3 is 5.97 Å². The molecule has 2 nitrogen and oxygen atoms in total. The van der Waals surface area contributed by atoms with Crippen molar-refractivity contribution >= 4 is 28.6 Å². The highest BCUT2D eigenvalue weighted by Crippen LogP contribution is 2.13. The summed E-state index contributed by atoms with van der Waals surface area (Å²) in [7, 11) is 0. The first kappa shape index (κ1) is 23.5. The molecule has 0 aromatic heterocycles. The van der Waals surface area contributed by atoms with Crippen LogP contribution in [0.4, 0.5) is 0 Å². The standard InChI is InChI=1S/C23H37IO2/c1-2-3-4-5-6-7-8-9-10-11-12-13-14-15-20-26-23(25)21-16-18-22(24)19-17-21/h16-19H,2-15,20H2,1H3/i24-4. The zero-order chi connectivity index (χ0) is 18.9. The summed E-state index contributed by atoms with van der Waals surface area (Å²) >= 11 is 2.23. The fourth-order valence-corrected chi connectivity index (χ4v) is 3.49. The van der Waals surface area contributed by atoms with Gasteiger partial charge in [-0.05, 0) is 53.3 Å². The molecule has 0 saturated heterocycles.